The van der Waals surface area contributed by atoms with E-state index in [-0.39, 0.29) is 17.6 Å². The van der Waals surface area contributed by atoms with Crippen LogP contribution < -0.4 is 0 Å². The molecule has 0 aliphatic carbocycles. The Morgan fingerprint density at radius 1 is 1.33 bits per heavy atom. The summed E-state index contributed by atoms with van der Waals surface area (Å²) in [6, 6.07) is 6.11. The van der Waals surface area contributed by atoms with E-state index >= 15 is 0 Å². The molecule has 0 bridgehead atoms. The van der Waals surface area contributed by atoms with Gasteiger partial charge in [0.25, 0.3) is 0 Å². The first kappa shape index (κ1) is 16.1. The molecule has 0 spiro atoms. The second kappa shape index (κ2) is 7.14. The van der Waals surface area contributed by atoms with E-state index in [2.05, 4.69) is 23.8 Å². The van der Waals surface area contributed by atoms with Crippen molar-refractivity contribution in [3.63, 3.8) is 0 Å². The van der Waals surface area contributed by atoms with E-state index in [9.17, 15) is 9.18 Å². The molecule has 0 N–H and O–H groups in total. The number of rotatable bonds is 4. The number of ketones is 1. The molecule has 1 saturated heterocycles. The largest absolute Gasteiger partial charge is 0.305 e. The number of Topliss-reactive ketones (excluding diaryl/α,β-unsaturated/α-hetero) is 1. The number of carbonyl (C=O) groups excluding carboxylic acids is 1. The predicted octanol–water partition coefficient (Wildman–Crippen LogP) is 2.81. The van der Waals surface area contributed by atoms with Crippen molar-refractivity contribution in [3.05, 3.63) is 35.6 Å². The van der Waals surface area contributed by atoms with Gasteiger partial charge in [0.1, 0.15) is 5.82 Å². The van der Waals surface area contributed by atoms with Crippen molar-refractivity contribution in [3.8, 4) is 0 Å². The highest BCUT2D eigenvalue weighted by Gasteiger charge is 2.30. The van der Waals surface area contributed by atoms with Gasteiger partial charge in [0, 0.05) is 24.7 Å². The quantitative estimate of drug-likeness (QED) is 0.797. The monoisotopic (exact) mass is 292 g/mol. The molecule has 2 rings (SSSR count). The van der Waals surface area contributed by atoms with E-state index < -0.39 is 0 Å². The molecule has 0 radical (unpaired) electrons. The van der Waals surface area contributed by atoms with Crippen LogP contribution in [-0.2, 0) is 0 Å². The van der Waals surface area contributed by atoms with Crippen LogP contribution in [0.2, 0.25) is 0 Å². The van der Waals surface area contributed by atoms with Gasteiger partial charge in [-0.2, -0.15) is 0 Å². The van der Waals surface area contributed by atoms with Gasteiger partial charge in [-0.05, 0) is 57.6 Å². The van der Waals surface area contributed by atoms with Gasteiger partial charge >= 0.3 is 0 Å². The van der Waals surface area contributed by atoms with Crippen LogP contribution in [0.1, 0.15) is 37.0 Å². The first-order chi connectivity index (χ1) is 10.0. The average Bonchev–Trinajstić information content (AvgIpc) is 2.67. The minimum absolute atomic E-state index is 0.0815. The van der Waals surface area contributed by atoms with Gasteiger partial charge in [-0.15, -0.1) is 0 Å². The van der Waals surface area contributed by atoms with Crippen LogP contribution in [0.5, 0.6) is 0 Å². The Hall–Kier alpha value is -1.26. The molecule has 116 valence electrons. The van der Waals surface area contributed by atoms with Crippen molar-refractivity contribution in [2.24, 2.45) is 0 Å². The fourth-order valence-corrected chi connectivity index (χ4v) is 3.14. The number of hydrogen-bond acceptors (Lipinski definition) is 3. The number of halogens is 1. The number of hydrogen-bond donors (Lipinski definition) is 0. The third kappa shape index (κ3) is 3.89. The van der Waals surface area contributed by atoms with Crippen molar-refractivity contribution in [2.45, 2.75) is 38.8 Å². The van der Waals surface area contributed by atoms with Gasteiger partial charge in [-0.3, -0.25) is 9.69 Å². The molecule has 1 fully saturated rings. The Morgan fingerprint density at radius 3 is 2.62 bits per heavy atom. The first-order valence-corrected chi connectivity index (χ1v) is 7.77. The van der Waals surface area contributed by atoms with Crippen LogP contribution in [0.4, 0.5) is 4.39 Å². The maximum Gasteiger partial charge on any atom is 0.179 e. The zero-order valence-corrected chi connectivity index (χ0v) is 13.2. The lowest BCUT2D eigenvalue weighted by atomic mass is 10.0. The summed E-state index contributed by atoms with van der Waals surface area (Å²) in [6.07, 6.45) is 2.11. The molecule has 4 heteroatoms. The predicted molar refractivity (Wildman–Crippen MR) is 83.1 cm³/mol. The summed E-state index contributed by atoms with van der Waals surface area (Å²) in [5.74, 6) is -0.222. The highest BCUT2D eigenvalue weighted by atomic mass is 19.1. The van der Waals surface area contributed by atoms with Crippen LogP contribution in [-0.4, -0.2) is 54.3 Å². The van der Waals surface area contributed by atoms with Crippen molar-refractivity contribution in [2.75, 3.05) is 26.7 Å². The maximum absolute atomic E-state index is 13.0. The Balaban J connectivity index is 2.14. The SMILES string of the molecule is CCC1CN(C)CCCN1C(C)C(=O)c1ccc(F)cc1. The standard InChI is InChI=1S/C17H25FN2O/c1-4-16-12-19(3)10-5-11-20(16)13(2)17(21)14-6-8-15(18)9-7-14/h6-9,13,16H,4-5,10-12H2,1-3H3. The fourth-order valence-electron chi connectivity index (χ4n) is 3.14. The number of nitrogens with zero attached hydrogens (tertiary/aromatic N) is 2. The highest BCUT2D eigenvalue weighted by Crippen LogP contribution is 2.18. The van der Waals surface area contributed by atoms with E-state index in [1.54, 1.807) is 12.1 Å². The summed E-state index contributed by atoms with van der Waals surface area (Å²) in [4.78, 5) is 17.3. The molecule has 3 nitrogen and oxygen atoms in total. The number of benzene rings is 1. The van der Waals surface area contributed by atoms with Gasteiger partial charge in [0.2, 0.25) is 0 Å². The fraction of sp³-hybridized carbons (Fsp3) is 0.588. The summed E-state index contributed by atoms with van der Waals surface area (Å²) < 4.78 is 13.0. The molecule has 0 amide bonds. The molecule has 1 aromatic rings. The second-order valence-electron chi connectivity index (χ2n) is 5.96. The van der Waals surface area contributed by atoms with Crippen LogP contribution >= 0.6 is 0 Å². The van der Waals surface area contributed by atoms with Crippen LogP contribution in [0.25, 0.3) is 0 Å². The molecule has 1 aliphatic heterocycles. The van der Waals surface area contributed by atoms with Crippen molar-refractivity contribution in [1.82, 2.24) is 9.80 Å². The van der Waals surface area contributed by atoms with E-state index in [0.29, 0.717) is 11.6 Å². The first-order valence-electron chi connectivity index (χ1n) is 7.77. The molecule has 2 unspecified atom stereocenters. The molecule has 0 aromatic heterocycles. The van der Waals surface area contributed by atoms with Crippen molar-refractivity contribution >= 4 is 5.78 Å². The van der Waals surface area contributed by atoms with Gasteiger partial charge in [-0.25, -0.2) is 4.39 Å². The summed E-state index contributed by atoms with van der Waals surface area (Å²) in [6.45, 7) is 7.16. The summed E-state index contributed by atoms with van der Waals surface area (Å²) in [5, 5.41) is 0. The molecular weight excluding hydrogens is 267 g/mol. The van der Waals surface area contributed by atoms with Gasteiger partial charge in [0.15, 0.2) is 5.78 Å². The molecule has 2 atom stereocenters. The lowest BCUT2D eigenvalue weighted by Gasteiger charge is -2.34. The maximum atomic E-state index is 13.0. The second-order valence-corrected chi connectivity index (χ2v) is 5.96. The Labute approximate surface area is 126 Å². The van der Waals surface area contributed by atoms with Crippen molar-refractivity contribution in [1.29, 1.82) is 0 Å². The van der Waals surface area contributed by atoms with E-state index in [4.69, 9.17) is 0 Å². The summed E-state index contributed by atoms with van der Waals surface area (Å²) in [7, 11) is 2.14. The minimum atomic E-state index is -0.304. The molecule has 1 aliphatic rings. The normalized spacial score (nSPS) is 22.8. The van der Waals surface area contributed by atoms with Crippen molar-refractivity contribution < 1.29 is 9.18 Å². The van der Waals surface area contributed by atoms with Gasteiger partial charge < -0.3 is 4.90 Å². The van der Waals surface area contributed by atoms with Crippen LogP contribution in [0, 0.1) is 5.82 Å². The number of likely N-dealkylation sites (N-methyl/N-ethyl adjacent to an activating group) is 1. The van der Waals surface area contributed by atoms with Crippen LogP contribution in [0.15, 0.2) is 24.3 Å². The molecule has 1 aromatic carbocycles. The minimum Gasteiger partial charge on any atom is -0.305 e. The average molecular weight is 292 g/mol. The van der Waals surface area contributed by atoms with Gasteiger partial charge in [0.05, 0.1) is 6.04 Å². The zero-order valence-electron chi connectivity index (χ0n) is 13.2. The third-order valence-electron chi connectivity index (χ3n) is 4.42. The molecule has 0 saturated carbocycles. The topological polar surface area (TPSA) is 23.6 Å². The highest BCUT2D eigenvalue weighted by molar-refractivity contribution is 5.99. The Bertz CT molecular complexity index is 474. The lowest BCUT2D eigenvalue weighted by molar-refractivity contribution is 0.0754. The Kier molecular flexibility index (Phi) is 5.48. The molecule has 21 heavy (non-hydrogen) atoms. The zero-order chi connectivity index (χ0) is 15.4. The molecular formula is C17H25FN2O. The lowest BCUT2D eigenvalue weighted by Crippen LogP contribution is -2.48. The van der Waals surface area contributed by atoms with Gasteiger partial charge in [-0.1, -0.05) is 6.92 Å². The van der Waals surface area contributed by atoms with E-state index in [1.807, 2.05) is 6.92 Å². The van der Waals surface area contributed by atoms with E-state index in [0.717, 1.165) is 32.5 Å². The number of carbonyl (C=O) groups is 1. The molecule has 1 heterocycles. The van der Waals surface area contributed by atoms with Crippen LogP contribution in [0.3, 0.4) is 0 Å². The Morgan fingerprint density at radius 2 is 2.00 bits per heavy atom. The summed E-state index contributed by atoms with van der Waals surface area (Å²) >= 11 is 0. The van der Waals surface area contributed by atoms with E-state index in [1.165, 1.54) is 12.1 Å². The third-order valence-corrected chi connectivity index (χ3v) is 4.42. The summed E-state index contributed by atoms with van der Waals surface area (Å²) in [5.41, 5.74) is 0.594. The smallest absolute Gasteiger partial charge is 0.179 e.